The third-order valence-electron chi connectivity index (χ3n) is 4.26. The molecule has 0 fully saturated rings. The maximum absolute atomic E-state index is 11.9. The summed E-state index contributed by atoms with van der Waals surface area (Å²) in [6.45, 7) is 3.37. The standard InChI is InChI=1S/C21H17Cl2N5O3/c1-3-31-20(30)26-19(29)18(11-24)28-27-15-8-9-16(17(23)10-15)21(2,12-25)13-4-6-14(22)7-5-13/h4-10,27H,3H2,1-2H3,(H,26,29,30). The van der Waals surface area contributed by atoms with Gasteiger partial charge in [0.15, 0.2) is 0 Å². The molecular weight excluding hydrogens is 441 g/mol. The quantitative estimate of drug-likeness (QED) is 0.488. The number of carbonyl (C=O) groups excluding carboxylic acids is 2. The first-order valence-electron chi connectivity index (χ1n) is 8.94. The number of nitrogens with zero attached hydrogens (tertiary/aromatic N) is 3. The van der Waals surface area contributed by atoms with E-state index in [2.05, 4.69) is 21.3 Å². The lowest BCUT2D eigenvalue weighted by Gasteiger charge is -2.24. The number of anilines is 1. The van der Waals surface area contributed by atoms with Crippen molar-refractivity contribution < 1.29 is 14.3 Å². The van der Waals surface area contributed by atoms with Crippen LogP contribution >= 0.6 is 23.2 Å². The van der Waals surface area contributed by atoms with E-state index in [4.69, 9.17) is 28.5 Å². The van der Waals surface area contributed by atoms with E-state index in [0.29, 0.717) is 21.8 Å². The zero-order chi connectivity index (χ0) is 23.0. The van der Waals surface area contributed by atoms with Crippen molar-refractivity contribution in [2.45, 2.75) is 19.3 Å². The third-order valence-corrected chi connectivity index (χ3v) is 4.83. The highest BCUT2D eigenvalue weighted by Gasteiger charge is 2.31. The second kappa shape index (κ2) is 10.4. The molecular formula is C21H17Cl2N5O3. The minimum Gasteiger partial charge on any atom is -0.450 e. The number of carbonyl (C=O) groups is 2. The Labute approximate surface area is 189 Å². The number of amides is 2. The van der Waals surface area contributed by atoms with Gasteiger partial charge in [-0.1, -0.05) is 41.4 Å². The Morgan fingerprint density at radius 2 is 1.84 bits per heavy atom. The summed E-state index contributed by atoms with van der Waals surface area (Å²) < 4.78 is 4.58. The van der Waals surface area contributed by atoms with E-state index in [-0.39, 0.29) is 11.6 Å². The average molecular weight is 458 g/mol. The van der Waals surface area contributed by atoms with Crippen molar-refractivity contribution in [1.82, 2.24) is 5.32 Å². The van der Waals surface area contributed by atoms with Gasteiger partial charge < -0.3 is 4.74 Å². The molecule has 0 aliphatic carbocycles. The number of nitrogens with one attached hydrogen (secondary N) is 2. The molecule has 0 heterocycles. The molecule has 0 spiro atoms. The van der Waals surface area contributed by atoms with Gasteiger partial charge in [-0.2, -0.15) is 15.6 Å². The van der Waals surface area contributed by atoms with Crippen molar-refractivity contribution in [3.63, 3.8) is 0 Å². The first-order chi connectivity index (χ1) is 14.7. The number of halogens is 2. The fourth-order valence-electron chi connectivity index (χ4n) is 2.62. The summed E-state index contributed by atoms with van der Waals surface area (Å²) in [6.07, 6.45) is -0.985. The van der Waals surface area contributed by atoms with E-state index < -0.39 is 23.1 Å². The van der Waals surface area contributed by atoms with Gasteiger partial charge in [-0.15, -0.1) is 0 Å². The Balaban J connectivity index is 2.25. The van der Waals surface area contributed by atoms with E-state index in [0.717, 1.165) is 0 Å². The molecule has 0 bridgehead atoms. The molecule has 0 aromatic heterocycles. The van der Waals surface area contributed by atoms with E-state index in [1.807, 2.05) is 5.32 Å². The van der Waals surface area contributed by atoms with Crippen LogP contribution in [0.4, 0.5) is 10.5 Å². The average Bonchev–Trinajstić information content (AvgIpc) is 2.74. The summed E-state index contributed by atoms with van der Waals surface area (Å²) in [5.41, 5.74) is 2.53. The Bertz CT molecular complexity index is 1100. The summed E-state index contributed by atoms with van der Waals surface area (Å²) >= 11 is 12.4. The Morgan fingerprint density at radius 1 is 1.16 bits per heavy atom. The topological polar surface area (TPSA) is 127 Å². The first-order valence-corrected chi connectivity index (χ1v) is 9.70. The fourth-order valence-corrected chi connectivity index (χ4v) is 3.12. The number of benzene rings is 2. The van der Waals surface area contributed by atoms with Crippen LogP contribution in [0.25, 0.3) is 0 Å². The normalized spacial score (nSPS) is 12.6. The minimum absolute atomic E-state index is 0.0683. The van der Waals surface area contributed by atoms with Crippen LogP contribution in [0.2, 0.25) is 10.0 Å². The van der Waals surface area contributed by atoms with Crippen LogP contribution in [0.5, 0.6) is 0 Å². The second-order valence-corrected chi connectivity index (χ2v) is 7.14. The SMILES string of the molecule is CCOC(=O)NC(=O)C(C#N)=NNc1ccc(C(C)(C#N)c2ccc(Cl)cc2)c(Cl)c1. The summed E-state index contributed by atoms with van der Waals surface area (Å²) in [5.74, 6) is -1.02. The molecule has 2 aromatic rings. The van der Waals surface area contributed by atoms with Gasteiger partial charge in [-0.25, -0.2) is 4.79 Å². The Morgan fingerprint density at radius 3 is 2.39 bits per heavy atom. The van der Waals surface area contributed by atoms with Gasteiger partial charge in [0.05, 0.1) is 18.4 Å². The molecule has 1 atom stereocenters. The highest BCUT2D eigenvalue weighted by atomic mass is 35.5. The number of nitriles is 2. The van der Waals surface area contributed by atoms with E-state index >= 15 is 0 Å². The molecule has 158 valence electrons. The number of hydrazone groups is 1. The van der Waals surface area contributed by atoms with E-state index in [9.17, 15) is 14.9 Å². The van der Waals surface area contributed by atoms with Gasteiger partial charge >= 0.3 is 6.09 Å². The lowest BCUT2D eigenvalue weighted by Crippen LogP contribution is -2.36. The molecule has 10 heteroatoms. The van der Waals surface area contributed by atoms with Crippen LogP contribution in [-0.2, 0) is 14.9 Å². The van der Waals surface area contributed by atoms with E-state index in [1.54, 1.807) is 56.3 Å². The Kier molecular flexibility index (Phi) is 7.98. The molecule has 2 N–H and O–H groups in total. The van der Waals surface area contributed by atoms with Gasteiger partial charge in [-0.05, 0) is 49.2 Å². The number of alkyl carbamates (subject to hydrolysis) is 1. The zero-order valence-corrected chi connectivity index (χ0v) is 18.1. The maximum atomic E-state index is 11.9. The van der Waals surface area contributed by atoms with Gasteiger partial charge in [0, 0.05) is 10.0 Å². The number of imide groups is 1. The fraction of sp³-hybridized carbons (Fsp3) is 0.190. The molecule has 0 radical (unpaired) electrons. The molecule has 0 aliphatic rings. The number of hydrogen-bond donors (Lipinski definition) is 2. The molecule has 0 aliphatic heterocycles. The summed E-state index contributed by atoms with van der Waals surface area (Å²) in [5, 5.41) is 25.3. The molecule has 8 nitrogen and oxygen atoms in total. The number of rotatable bonds is 6. The van der Waals surface area contributed by atoms with Crippen molar-refractivity contribution >= 4 is 46.6 Å². The number of ether oxygens (including phenoxy) is 1. The van der Waals surface area contributed by atoms with Crippen molar-refractivity contribution in [2.24, 2.45) is 5.10 Å². The van der Waals surface area contributed by atoms with Crippen LogP contribution in [0.1, 0.15) is 25.0 Å². The zero-order valence-electron chi connectivity index (χ0n) is 16.6. The van der Waals surface area contributed by atoms with Crippen molar-refractivity contribution in [1.29, 1.82) is 10.5 Å². The molecule has 0 saturated heterocycles. The summed E-state index contributed by atoms with van der Waals surface area (Å²) in [4.78, 5) is 23.2. The predicted molar refractivity (Wildman–Crippen MR) is 117 cm³/mol. The van der Waals surface area contributed by atoms with Crippen LogP contribution in [0.3, 0.4) is 0 Å². The lowest BCUT2D eigenvalue weighted by molar-refractivity contribution is -0.114. The maximum Gasteiger partial charge on any atom is 0.414 e. The van der Waals surface area contributed by atoms with Crippen molar-refractivity contribution in [3.8, 4) is 12.1 Å². The molecule has 1 unspecified atom stereocenters. The summed E-state index contributed by atoms with van der Waals surface area (Å²) in [7, 11) is 0. The lowest BCUT2D eigenvalue weighted by atomic mass is 9.77. The van der Waals surface area contributed by atoms with Crippen molar-refractivity contribution in [2.75, 3.05) is 12.0 Å². The summed E-state index contributed by atoms with van der Waals surface area (Å²) in [6, 6.07) is 15.5. The molecule has 2 aromatic carbocycles. The highest BCUT2D eigenvalue weighted by molar-refractivity contribution is 6.46. The number of hydrogen-bond acceptors (Lipinski definition) is 7. The smallest absolute Gasteiger partial charge is 0.414 e. The monoisotopic (exact) mass is 457 g/mol. The highest BCUT2D eigenvalue weighted by Crippen LogP contribution is 2.37. The molecule has 31 heavy (non-hydrogen) atoms. The van der Waals surface area contributed by atoms with Gasteiger partial charge in [0.2, 0.25) is 5.71 Å². The van der Waals surface area contributed by atoms with Crippen molar-refractivity contribution in [3.05, 3.63) is 63.6 Å². The predicted octanol–water partition coefficient (Wildman–Crippen LogP) is 4.39. The molecule has 0 saturated carbocycles. The Hall–Kier alpha value is -3.59. The van der Waals surface area contributed by atoms with Crippen LogP contribution < -0.4 is 10.7 Å². The van der Waals surface area contributed by atoms with Crippen LogP contribution in [0.15, 0.2) is 47.6 Å². The third kappa shape index (κ3) is 5.73. The van der Waals surface area contributed by atoms with Gasteiger partial charge in [0.1, 0.15) is 11.5 Å². The largest absolute Gasteiger partial charge is 0.450 e. The van der Waals surface area contributed by atoms with Gasteiger partial charge in [-0.3, -0.25) is 15.5 Å². The van der Waals surface area contributed by atoms with Gasteiger partial charge in [0.25, 0.3) is 5.91 Å². The van der Waals surface area contributed by atoms with Crippen LogP contribution in [0, 0.1) is 22.7 Å². The second-order valence-electron chi connectivity index (χ2n) is 6.30. The molecule has 2 amide bonds. The first kappa shape index (κ1) is 23.7. The van der Waals surface area contributed by atoms with E-state index in [1.165, 1.54) is 6.07 Å². The van der Waals surface area contributed by atoms with Crippen LogP contribution in [-0.4, -0.2) is 24.3 Å². The molecule has 2 rings (SSSR count). The minimum atomic E-state index is -1.04.